The molecule has 1 N–H and O–H groups in total. The number of rotatable bonds is 6. The molecule has 0 aromatic heterocycles. The van der Waals surface area contributed by atoms with Gasteiger partial charge in [-0.15, -0.1) is 0 Å². The van der Waals surface area contributed by atoms with E-state index in [0.29, 0.717) is 15.7 Å². The van der Waals surface area contributed by atoms with Crippen LogP contribution in [0.1, 0.15) is 31.4 Å². The first kappa shape index (κ1) is 20.8. The Morgan fingerprint density at radius 3 is 2.68 bits per heavy atom. The molecule has 2 aromatic carbocycles. The lowest BCUT2D eigenvalue weighted by molar-refractivity contribution is -0.121. The standard InChI is InChI=1S/C21H24Cl2N2O3/c1-13(21(26)24-18-11-14(22)6-9-17(18)23)25-10-4-5-19(25)16-8-7-15(27-2)12-20(16)28-3/h6-9,11-13,19H,4-5,10H2,1-3H3,(H,24,26)/t13-,19-/m1/s1. The second kappa shape index (κ2) is 9.03. The maximum Gasteiger partial charge on any atom is 0.241 e. The first-order chi connectivity index (χ1) is 13.4. The fourth-order valence-electron chi connectivity index (χ4n) is 3.66. The molecule has 1 aliphatic rings. The number of methoxy groups -OCH3 is 2. The predicted octanol–water partition coefficient (Wildman–Crippen LogP) is 5.17. The van der Waals surface area contributed by atoms with Gasteiger partial charge >= 0.3 is 0 Å². The molecule has 0 saturated carbocycles. The van der Waals surface area contributed by atoms with Crippen molar-refractivity contribution in [3.05, 3.63) is 52.0 Å². The summed E-state index contributed by atoms with van der Waals surface area (Å²) in [6.45, 7) is 2.74. The molecule has 1 amide bonds. The molecule has 1 aliphatic heterocycles. The van der Waals surface area contributed by atoms with Crippen LogP contribution in [0.3, 0.4) is 0 Å². The molecule has 2 atom stereocenters. The van der Waals surface area contributed by atoms with E-state index in [1.165, 1.54) is 0 Å². The number of carbonyl (C=O) groups excluding carboxylic acids is 1. The molecule has 1 heterocycles. The lowest BCUT2D eigenvalue weighted by Gasteiger charge is -2.31. The fourth-order valence-corrected chi connectivity index (χ4v) is 4.00. The van der Waals surface area contributed by atoms with Gasteiger partial charge < -0.3 is 14.8 Å². The number of benzene rings is 2. The third-order valence-corrected chi connectivity index (χ3v) is 5.72. The van der Waals surface area contributed by atoms with Crippen molar-refractivity contribution in [2.75, 3.05) is 26.1 Å². The fraction of sp³-hybridized carbons (Fsp3) is 0.381. The smallest absolute Gasteiger partial charge is 0.241 e. The van der Waals surface area contributed by atoms with Crippen LogP contribution in [0.2, 0.25) is 10.0 Å². The van der Waals surface area contributed by atoms with Crippen molar-refractivity contribution in [1.82, 2.24) is 4.90 Å². The minimum atomic E-state index is -0.339. The highest BCUT2D eigenvalue weighted by Crippen LogP contribution is 2.40. The summed E-state index contributed by atoms with van der Waals surface area (Å²) in [5.41, 5.74) is 1.57. The van der Waals surface area contributed by atoms with Crippen molar-refractivity contribution in [2.24, 2.45) is 0 Å². The Labute approximate surface area is 175 Å². The number of amides is 1. The Morgan fingerprint density at radius 1 is 1.18 bits per heavy atom. The van der Waals surface area contributed by atoms with Crippen LogP contribution in [-0.2, 0) is 4.79 Å². The summed E-state index contributed by atoms with van der Waals surface area (Å²) >= 11 is 12.2. The summed E-state index contributed by atoms with van der Waals surface area (Å²) in [5, 5.41) is 3.88. The van der Waals surface area contributed by atoms with Gasteiger partial charge in [0, 0.05) is 22.7 Å². The number of ether oxygens (including phenoxy) is 2. The van der Waals surface area contributed by atoms with Crippen LogP contribution in [0.5, 0.6) is 11.5 Å². The topological polar surface area (TPSA) is 50.8 Å². The van der Waals surface area contributed by atoms with Crippen LogP contribution in [-0.4, -0.2) is 37.6 Å². The van der Waals surface area contributed by atoms with Gasteiger partial charge in [0.15, 0.2) is 0 Å². The Bertz CT molecular complexity index is 860. The minimum Gasteiger partial charge on any atom is -0.497 e. The zero-order valence-electron chi connectivity index (χ0n) is 16.2. The normalized spacial score (nSPS) is 18.0. The van der Waals surface area contributed by atoms with E-state index in [1.807, 2.05) is 25.1 Å². The molecule has 0 bridgehead atoms. The van der Waals surface area contributed by atoms with Gasteiger partial charge in [0.2, 0.25) is 5.91 Å². The van der Waals surface area contributed by atoms with Crippen LogP contribution < -0.4 is 14.8 Å². The van der Waals surface area contributed by atoms with Gasteiger partial charge in [-0.2, -0.15) is 0 Å². The van der Waals surface area contributed by atoms with Crippen LogP contribution >= 0.6 is 23.2 Å². The van der Waals surface area contributed by atoms with Crippen molar-refractivity contribution in [3.63, 3.8) is 0 Å². The van der Waals surface area contributed by atoms with E-state index in [2.05, 4.69) is 10.2 Å². The lowest BCUT2D eigenvalue weighted by Crippen LogP contribution is -2.41. The minimum absolute atomic E-state index is 0.0939. The molecule has 0 radical (unpaired) electrons. The summed E-state index contributed by atoms with van der Waals surface area (Å²) < 4.78 is 10.9. The van der Waals surface area contributed by atoms with E-state index in [1.54, 1.807) is 32.4 Å². The van der Waals surface area contributed by atoms with E-state index in [-0.39, 0.29) is 18.0 Å². The van der Waals surface area contributed by atoms with Gasteiger partial charge in [-0.05, 0) is 50.6 Å². The van der Waals surface area contributed by atoms with E-state index in [0.717, 1.165) is 36.4 Å². The van der Waals surface area contributed by atoms with Crippen LogP contribution in [0, 0.1) is 0 Å². The van der Waals surface area contributed by atoms with Gasteiger partial charge in [-0.1, -0.05) is 29.3 Å². The number of halogens is 2. The van der Waals surface area contributed by atoms with Gasteiger partial charge in [0.05, 0.1) is 31.0 Å². The third-order valence-electron chi connectivity index (χ3n) is 5.16. The summed E-state index contributed by atoms with van der Waals surface area (Å²) in [6.07, 6.45) is 1.97. The Kier molecular flexibility index (Phi) is 6.70. The van der Waals surface area contributed by atoms with E-state index in [4.69, 9.17) is 32.7 Å². The molecule has 1 fully saturated rings. The highest BCUT2D eigenvalue weighted by atomic mass is 35.5. The van der Waals surface area contributed by atoms with Crippen molar-refractivity contribution in [1.29, 1.82) is 0 Å². The van der Waals surface area contributed by atoms with Crippen LogP contribution in [0.4, 0.5) is 5.69 Å². The van der Waals surface area contributed by atoms with Crippen LogP contribution in [0.15, 0.2) is 36.4 Å². The molecule has 7 heteroatoms. The largest absolute Gasteiger partial charge is 0.497 e. The van der Waals surface area contributed by atoms with Gasteiger partial charge in [0.25, 0.3) is 0 Å². The number of nitrogens with one attached hydrogen (secondary N) is 1. The molecular formula is C21H24Cl2N2O3. The van der Waals surface area contributed by atoms with Crippen molar-refractivity contribution < 1.29 is 14.3 Å². The molecule has 28 heavy (non-hydrogen) atoms. The zero-order valence-corrected chi connectivity index (χ0v) is 17.7. The molecule has 0 unspecified atom stereocenters. The first-order valence-electron chi connectivity index (χ1n) is 9.18. The maximum atomic E-state index is 12.9. The molecule has 5 nitrogen and oxygen atoms in total. The van der Waals surface area contributed by atoms with Gasteiger partial charge in [0.1, 0.15) is 11.5 Å². The second-order valence-corrected chi connectivity index (χ2v) is 7.64. The lowest BCUT2D eigenvalue weighted by atomic mass is 10.0. The second-order valence-electron chi connectivity index (χ2n) is 6.79. The highest BCUT2D eigenvalue weighted by Gasteiger charge is 2.34. The average Bonchev–Trinajstić information content (AvgIpc) is 3.19. The predicted molar refractivity (Wildman–Crippen MR) is 113 cm³/mol. The van der Waals surface area contributed by atoms with E-state index in [9.17, 15) is 4.79 Å². The number of hydrogen-bond acceptors (Lipinski definition) is 4. The Hall–Kier alpha value is -1.95. The number of nitrogens with zero attached hydrogens (tertiary/aromatic N) is 1. The Morgan fingerprint density at radius 2 is 1.96 bits per heavy atom. The van der Waals surface area contributed by atoms with Crippen molar-refractivity contribution >= 4 is 34.8 Å². The van der Waals surface area contributed by atoms with Crippen molar-refractivity contribution in [2.45, 2.75) is 31.8 Å². The summed E-state index contributed by atoms with van der Waals surface area (Å²) in [6, 6.07) is 10.6. The average molecular weight is 423 g/mol. The van der Waals surface area contributed by atoms with Crippen LogP contribution in [0.25, 0.3) is 0 Å². The zero-order chi connectivity index (χ0) is 20.3. The monoisotopic (exact) mass is 422 g/mol. The summed E-state index contributed by atoms with van der Waals surface area (Å²) in [7, 11) is 3.28. The molecular weight excluding hydrogens is 399 g/mol. The van der Waals surface area contributed by atoms with Crippen molar-refractivity contribution in [3.8, 4) is 11.5 Å². The molecule has 150 valence electrons. The maximum absolute atomic E-state index is 12.9. The number of anilines is 1. The molecule has 2 aromatic rings. The van der Waals surface area contributed by atoms with E-state index < -0.39 is 0 Å². The van der Waals surface area contributed by atoms with E-state index >= 15 is 0 Å². The first-order valence-corrected chi connectivity index (χ1v) is 9.93. The third kappa shape index (κ3) is 4.37. The number of likely N-dealkylation sites (tertiary alicyclic amines) is 1. The molecule has 0 spiro atoms. The van der Waals surface area contributed by atoms with Gasteiger partial charge in [-0.3, -0.25) is 9.69 Å². The Balaban J connectivity index is 1.80. The SMILES string of the molecule is COc1ccc([C@H]2CCCN2[C@H](C)C(=O)Nc2cc(Cl)ccc2Cl)c(OC)c1. The molecule has 3 rings (SSSR count). The summed E-state index contributed by atoms with van der Waals surface area (Å²) in [4.78, 5) is 15.1. The number of carbonyl (C=O) groups is 1. The number of hydrogen-bond donors (Lipinski definition) is 1. The van der Waals surface area contributed by atoms with Gasteiger partial charge in [-0.25, -0.2) is 0 Å². The molecule has 1 saturated heterocycles. The molecule has 0 aliphatic carbocycles. The highest BCUT2D eigenvalue weighted by molar-refractivity contribution is 6.35. The quantitative estimate of drug-likeness (QED) is 0.696. The summed E-state index contributed by atoms with van der Waals surface area (Å²) in [5.74, 6) is 1.39.